The number of thiocarbonyl (C=S) groups is 1. The standard InChI is InChI=1S/C23H18ClN3O3S/c24-18-3-5-19(6-4-18)26-23(31)27-25-12-16-9-15-10-17(13-30-22(15)11-21(16)29)14-1-7-20(28)8-2-14/h1-12,28-29H,13H2,(H2,26,27,31)/b25-12+. The molecule has 0 saturated heterocycles. The normalized spacial score (nSPS) is 12.6. The molecular formula is C23H18ClN3O3S. The first kappa shape index (κ1) is 20.7. The van der Waals surface area contributed by atoms with E-state index < -0.39 is 0 Å². The van der Waals surface area contributed by atoms with Crippen molar-refractivity contribution in [1.29, 1.82) is 0 Å². The van der Waals surface area contributed by atoms with Gasteiger partial charge >= 0.3 is 0 Å². The molecule has 0 saturated carbocycles. The van der Waals surface area contributed by atoms with Gasteiger partial charge in [-0.3, -0.25) is 5.43 Å². The topological polar surface area (TPSA) is 86.1 Å². The Labute approximate surface area is 189 Å². The fraction of sp³-hybridized carbons (Fsp3) is 0.0435. The van der Waals surface area contributed by atoms with Crippen LogP contribution in [0.2, 0.25) is 5.02 Å². The zero-order chi connectivity index (χ0) is 21.8. The van der Waals surface area contributed by atoms with Crippen molar-refractivity contribution in [2.75, 3.05) is 11.9 Å². The Morgan fingerprint density at radius 2 is 1.81 bits per heavy atom. The molecule has 31 heavy (non-hydrogen) atoms. The van der Waals surface area contributed by atoms with Crippen LogP contribution in [0.25, 0.3) is 11.6 Å². The summed E-state index contributed by atoms with van der Waals surface area (Å²) in [5, 5.41) is 27.8. The van der Waals surface area contributed by atoms with Crippen LogP contribution >= 0.6 is 23.8 Å². The van der Waals surface area contributed by atoms with Crippen LogP contribution in [0.5, 0.6) is 17.2 Å². The van der Waals surface area contributed by atoms with Crippen LogP contribution in [0.1, 0.15) is 16.7 Å². The average Bonchev–Trinajstić information content (AvgIpc) is 2.76. The van der Waals surface area contributed by atoms with E-state index >= 15 is 0 Å². The van der Waals surface area contributed by atoms with Crippen LogP contribution in [0.3, 0.4) is 0 Å². The fourth-order valence-corrected chi connectivity index (χ4v) is 3.32. The third-order valence-corrected chi connectivity index (χ3v) is 5.03. The van der Waals surface area contributed by atoms with Gasteiger partial charge in [-0.2, -0.15) is 5.10 Å². The number of fused-ring (bicyclic) bond motifs is 1. The summed E-state index contributed by atoms with van der Waals surface area (Å²) in [4.78, 5) is 0. The predicted molar refractivity (Wildman–Crippen MR) is 128 cm³/mol. The lowest BCUT2D eigenvalue weighted by atomic mass is 9.99. The van der Waals surface area contributed by atoms with Gasteiger partial charge in [-0.1, -0.05) is 23.7 Å². The summed E-state index contributed by atoms with van der Waals surface area (Å²) in [6.07, 6.45) is 3.47. The molecule has 6 nitrogen and oxygen atoms in total. The van der Waals surface area contributed by atoms with Gasteiger partial charge in [-0.25, -0.2) is 0 Å². The number of benzene rings is 3. The van der Waals surface area contributed by atoms with Crippen LogP contribution in [-0.2, 0) is 0 Å². The first-order chi connectivity index (χ1) is 15.0. The zero-order valence-corrected chi connectivity index (χ0v) is 17.7. The molecule has 1 aliphatic heterocycles. The number of hydrogen-bond acceptors (Lipinski definition) is 5. The minimum atomic E-state index is 0.0439. The molecule has 0 aliphatic carbocycles. The van der Waals surface area contributed by atoms with Crippen LogP contribution in [-0.4, -0.2) is 28.1 Å². The lowest BCUT2D eigenvalue weighted by Gasteiger charge is -2.19. The van der Waals surface area contributed by atoms with Gasteiger partial charge in [0.1, 0.15) is 23.9 Å². The van der Waals surface area contributed by atoms with Crippen molar-refractivity contribution in [1.82, 2.24) is 5.43 Å². The summed E-state index contributed by atoms with van der Waals surface area (Å²) < 4.78 is 5.78. The van der Waals surface area contributed by atoms with E-state index in [1.807, 2.05) is 18.2 Å². The van der Waals surface area contributed by atoms with Crippen LogP contribution in [0.15, 0.2) is 65.8 Å². The van der Waals surface area contributed by atoms with E-state index in [2.05, 4.69) is 15.8 Å². The lowest BCUT2D eigenvalue weighted by molar-refractivity contribution is 0.362. The van der Waals surface area contributed by atoms with Crippen molar-refractivity contribution >= 4 is 52.5 Å². The van der Waals surface area contributed by atoms with Gasteiger partial charge in [-0.15, -0.1) is 0 Å². The van der Waals surface area contributed by atoms with Crippen LogP contribution in [0, 0.1) is 0 Å². The molecule has 0 aromatic heterocycles. The molecule has 4 rings (SSSR count). The van der Waals surface area contributed by atoms with Gasteiger partial charge < -0.3 is 20.3 Å². The number of nitrogens with one attached hydrogen (secondary N) is 2. The number of ether oxygens (including phenoxy) is 1. The summed E-state index contributed by atoms with van der Waals surface area (Å²) in [7, 11) is 0. The second kappa shape index (κ2) is 9.07. The van der Waals surface area contributed by atoms with Gasteiger partial charge in [0.25, 0.3) is 0 Å². The maximum Gasteiger partial charge on any atom is 0.191 e. The Hall–Kier alpha value is -3.55. The average molecular weight is 452 g/mol. The van der Waals surface area contributed by atoms with Gasteiger partial charge in [0.05, 0.1) is 6.21 Å². The summed E-state index contributed by atoms with van der Waals surface area (Å²) in [6, 6.07) is 17.4. The number of hydrazone groups is 1. The Morgan fingerprint density at radius 1 is 1.06 bits per heavy atom. The molecule has 3 aromatic rings. The van der Waals surface area contributed by atoms with E-state index in [0.29, 0.717) is 28.1 Å². The summed E-state index contributed by atoms with van der Waals surface area (Å²) >= 11 is 11.1. The number of rotatable bonds is 4. The molecule has 0 bridgehead atoms. The number of phenols is 2. The molecule has 1 heterocycles. The number of anilines is 1. The number of halogens is 1. The Balaban J connectivity index is 1.47. The highest BCUT2D eigenvalue weighted by Gasteiger charge is 2.15. The molecule has 4 N–H and O–H groups in total. The molecule has 0 radical (unpaired) electrons. The number of phenolic OH excluding ortho intramolecular Hbond substituents is 2. The molecule has 0 spiro atoms. The Morgan fingerprint density at radius 3 is 2.55 bits per heavy atom. The first-order valence-electron chi connectivity index (χ1n) is 9.33. The molecule has 0 atom stereocenters. The van der Waals surface area contributed by atoms with E-state index in [1.165, 1.54) is 6.21 Å². The maximum atomic E-state index is 10.3. The zero-order valence-electron chi connectivity index (χ0n) is 16.2. The van der Waals surface area contributed by atoms with Crippen LogP contribution in [0.4, 0.5) is 5.69 Å². The number of hydrogen-bond donors (Lipinski definition) is 4. The Kier molecular flexibility index (Phi) is 6.06. The molecule has 0 fully saturated rings. The molecule has 0 amide bonds. The molecule has 8 heteroatoms. The summed E-state index contributed by atoms with van der Waals surface area (Å²) in [5.41, 5.74) is 6.73. The van der Waals surface area contributed by atoms with Crippen molar-refractivity contribution in [3.8, 4) is 17.2 Å². The smallest absolute Gasteiger partial charge is 0.191 e. The molecule has 156 valence electrons. The highest BCUT2D eigenvalue weighted by Crippen LogP contribution is 2.35. The van der Waals surface area contributed by atoms with Gasteiger partial charge in [0, 0.05) is 27.9 Å². The van der Waals surface area contributed by atoms with Crippen LogP contribution < -0.4 is 15.5 Å². The highest BCUT2D eigenvalue weighted by molar-refractivity contribution is 7.80. The molecular weight excluding hydrogens is 434 g/mol. The quantitative estimate of drug-likeness (QED) is 0.253. The number of aromatic hydroxyl groups is 2. The van der Waals surface area contributed by atoms with Gasteiger partial charge in [-0.05, 0) is 71.9 Å². The summed E-state index contributed by atoms with van der Waals surface area (Å²) in [6.45, 7) is 0.372. The fourth-order valence-electron chi connectivity index (χ4n) is 3.02. The van der Waals surface area contributed by atoms with E-state index in [0.717, 1.165) is 22.4 Å². The third kappa shape index (κ3) is 5.14. The molecule has 0 unspecified atom stereocenters. The second-order valence-corrected chi connectivity index (χ2v) is 7.63. The van der Waals surface area contributed by atoms with Crippen molar-refractivity contribution < 1.29 is 14.9 Å². The van der Waals surface area contributed by atoms with Crippen molar-refractivity contribution in [2.24, 2.45) is 5.10 Å². The Bertz CT molecular complexity index is 1180. The molecule has 3 aromatic carbocycles. The minimum absolute atomic E-state index is 0.0439. The largest absolute Gasteiger partial charge is 0.508 e. The monoisotopic (exact) mass is 451 g/mol. The number of nitrogens with zero attached hydrogens (tertiary/aromatic N) is 1. The summed E-state index contributed by atoms with van der Waals surface area (Å²) in [5.74, 6) is 0.841. The molecule has 1 aliphatic rings. The van der Waals surface area contributed by atoms with Crippen molar-refractivity contribution in [3.63, 3.8) is 0 Å². The van der Waals surface area contributed by atoms with Crippen molar-refractivity contribution in [3.05, 3.63) is 82.4 Å². The predicted octanol–water partition coefficient (Wildman–Crippen LogP) is 5.00. The van der Waals surface area contributed by atoms with Gasteiger partial charge in [0.2, 0.25) is 0 Å². The third-order valence-electron chi connectivity index (χ3n) is 4.58. The highest BCUT2D eigenvalue weighted by atomic mass is 35.5. The van der Waals surface area contributed by atoms with E-state index in [-0.39, 0.29) is 11.5 Å². The SMILES string of the molecule is Oc1ccc(C2=Cc3cc(/C=N/NC(=S)Nc4ccc(Cl)cc4)c(O)cc3OC2)cc1. The van der Waals surface area contributed by atoms with E-state index in [4.69, 9.17) is 28.6 Å². The second-order valence-electron chi connectivity index (χ2n) is 6.78. The van der Waals surface area contributed by atoms with Crippen molar-refractivity contribution in [2.45, 2.75) is 0 Å². The minimum Gasteiger partial charge on any atom is -0.508 e. The van der Waals surface area contributed by atoms with Gasteiger partial charge in [0.15, 0.2) is 5.11 Å². The lowest BCUT2D eigenvalue weighted by Crippen LogP contribution is -2.23. The van der Waals surface area contributed by atoms with E-state index in [1.54, 1.807) is 48.5 Å². The van der Waals surface area contributed by atoms with E-state index in [9.17, 15) is 10.2 Å². The maximum absolute atomic E-state index is 10.3. The first-order valence-corrected chi connectivity index (χ1v) is 10.1.